The molecule has 3 nitrogen and oxygen atoms in total. The van der Waals surface area contributed by atoms with Gasteiger partial charge in [-0.3, -0.25) is 0 Å². The van der Waals surface area contributed by atoms with Crippen molar-refractivity contribution in [2.75, 3.05) is 26.4 Å². The monoisotopic (exact) mass is 238 g/mol. The summed E-state index contributed by atoms with van der Waals surface area (Å²) in [7, 11) is 0. The van der Waals surface area contributed by atoms with Crippen LogP contribution in [0.1, 0.15) is 26.7 Å². The summed E-state index contributed by atoms with van der Waals surface area (Å²) in [6, 6.07) is 0. The van der Waals surface area contributed by atoms with E-state index in [0.29, 0.717) is 13.2 Å². The van der Waals surface area contributed by atoms with Gasteiger partial charge in [0.1, 0.15) is 11.2 Å². The molecule has 17 heavy (non-hydrogen) atoms. The molecule has 2 rings (SSSR count). The van der Waals surface area contributed by atoms with E-state index < -0.39 is 0 Å². The lowest BCUT2D eigenvalue weighted by Gasteiger charge is -2.16. The fourth-order valence-corrected chi connectivity index (χ4v) is 2.20. The summed E-state index contributed by atoms with van der Waals surface area (Å²) in [6.45, 7) is 14.7. The molecule has 0 N–H and O–H groups in total. The predicted octanol–water partition coefficient (Wildman–Crippen LogP) is 2.47. The van der Waals surface area contributed by atoms with Crippen LogP contribution in [0, 0.1) is 0 Å². The van der Waals surface area contributed by atoms with Crippen LogP contribution in [0.5, 0.6) is 0 Å². The molecule has 2 atom stereocenters. The van der Waals surface area contributed by atoms with Crippen molar-refractivity contribution < 1.29 is 14.2 Å². The first-order chi connectivity index (χ1) is 7.95. The minimum Gasteiger partial charge on any atom is -0.375 e. The summed E-state index contributed by atoms with van der Waals surface area (Å²) in [5.41, 5.74) is 2.10. The van der Waals surface area contributed by atoms with E-state index in [-0.39, 0.29) is 11.2 Å². The number of hydrogen-bond acceptors (Lipinski definition) is 3. The molecule has 2 saturated heterocycles. The van der Waals surface area contributed by atoms with E-state index in [2.05, 4.69) is 13.2 Å². The summed E-state index contributed by atoms with van der Waals surface area (Å²) in [6.07, 6.45) is 1.78. The molecule has 2 aliphatic heterocycles. The lowest BCUT2D eigenvalue weighted by molar-refractivity contribution is 0.0423. The van der Waals surface area contributed by atoms with Crippen molar-refractivity contribution in [3.8, 4) is 0 Å². The second-order valence-electron chi connectivity index (χ2n) is 5.70. The van der Waals surface area contributed by atoms with Crippen molar-refractivity contribution in [1.29, 1.82) is 0 Å². The van der Waals surface area contributed by atoms with E-state index in [4.69, 9.17) is 14.2 Å². The van der Waals surface area contributed by atoms with Gasteiger partial charge in [-0.05, 0) is 13.8 Å². The molecule has 0 aliphatic carbocycles. The van der Waals surface area contributed by atoms with Crippen LogP contribution in [0.15, 0.2) is 24.3 Å². The molecule has 2 heterocycles. The fraction of sp³-hybridized carbons (Fsp3) is 0.714. The molecule has 0 aromatic heterocycles. The van der Waals surface area contributed by atoms with Gasteiger partial charge in [0, 0.05) is 12.8 Å². The molecule has 2 fully saturated rings. The Hall–Kier alpha value is -0.640. The van der Waals surface area contributed by atoms with Crippen molar-refractivity contribution in [1.82, 2.24) is 0 Å². The number of ether oxygens (including phenoxy) is 3. The van der Waals surface area contributed by atoms with E-state index >= 15 is 0 Å². The van der Waals surface area contributed by atoms with E-state index in [1.54, 1.807) is 0 Å². The summed E-state index contributed by atoms with van der Waals surface area (Å²) >= 11 is 0. The molecular formula is C14H22O3. The third-order valence-electron chi connectivity index (χ3n) is 3.08. The minimum atomic E-state index is -0.0921. The van der Waals surface area contributed by atoms with E-state index in [0.717, 1.165) is 37.2 Å². The van der Waals surface area contributed by atoms with Gasteiger partial charge < -0.3 is 14.2 Å². The van der Waals surface area contributed by atoms with E-state index in [1.165, 1.54) is 0 Å². The molecule has 0 aromatic carbocycles. The second-order valence-corrected chi connectivity index (χ2v) is 5.70. The Morgan fingerprint density at radius 3 is 1.59 bits per heavy atom. The predicted molar refractivity (Wildman–Crippen MR) is 67.0 cm³/mol. The number of rotatable bonds is 8. The van der Waals surface area contributed by atoms with Gasteiger partial charge in [-0.15, -0.1) is 13.2 Å². The molecule has 2 aliphatic rings. The molecule has 3 heteroatoms. The standard InChI is InChI=1S/C14H22O3/c1-11(2)5-13(9-16-13)7-15-8-14(10-17-14)6-12(3)4/h1,3,5-10H2,2,4H3. The van der Waals surface area contributed by atoms with Crippen molar-refractivity contribution in [3.63, 3.8) is 0 Å². The molecule has 0 bridgehead atoms. The lowest BCUT2D eigenvalue weighted by Crippen LogP contribution is -2.26. The highest BCUT2D eigenvalue weighted by molar-refractivity contribution is 5.06. The van der Waals surface area contributed by atoms with Gasteiger partial charge in [0.25, 0.3) is 0 Å². The van der Waals surface area contributed by atoms with Gasteiger partial charge in [0.15, 0.2) is 0 Å². The van der Waals surface area contributed by atoms with Gasteiger partial charge in [-0.1, -0.05) is 11.1 Å². The minimum absolute atomic E-state index is 0.0921. The maximum Gasteiger partial charge on any atom is 0.118 e. The van der Waals surface area contributed by atoms with Crippen molar-refractivity contribution in [3.05, 3.63) is 24.3 Å². The number of epoxide rings is 2. The zero-order valence-corrected chi connectivity index (χ0v) is 10.9. The van der Waals surface area contributed by atoms with Crippen molar-refractivity contribution in [2.45, 2.75) is 37.9 Å². The molecule has 96 valence electrons. The molecule has 2 unspecified atom stereocenters. The van der Waals surface area contributed by atoms with Gasteiger partial charge in [0.05, 0.1) is 26.4 Å². The number of hydrogen-bond donors (Lipinski definition) is 0. The highest BCUT2D eigenvalue weighted by atomic mass is 16.6. The SMILES string of the molecule is C=C(C)CC1(COCC2(CC(=C)C)CO2)CO1. The topological polar surface area (TPSA) is 34.3 Å². The van der Waals surface area contributed by atoms with Crippen LogP contribution >= 0.6 is 0 Å². The Balaban J connectivity index is 1.69. The maximum absolute atomic E-state index is 5.76. The smallest absolute Gasteiger partial charge is 0.118 e. The van der Waals surface area contributed by atoms with Crippen LogP contribution in [-0.4, -0.2) is 37.6 Å². The van der Waals surface area contributed by atoms with Crippen LogP contribution in [0.2, 0.25) is 0 Å². The highest BCUT2D eigenvalue weighted by Crippen LogP contribution is 2.37. The van der Waals surface area contributed by atoms with Gasteiger partial charge in [-0.2, -0.15) is 0 Å². The highest BCUT2D eigenvalue weighted by Gasteiger charge is 2.48. The van der Waals surface area contributed by atoms with Crippen LogP contribution < -0.4 is 0 Å². The quantitative estimate of drug-likeness (QED) is 0.481. The van der Waals surface area contributed by atoms with Gasteiger partial charge >= 0.3 is 0 Å². The normalized spacial score (nSPS) is 34.5. The fourth-order valence-electron chi connectivity index (χ4n) is 2.20. The maximum atomic E-state index is 5.76. The molecule has 0 spiro atoms. The Morgan fingerprint density at radius 2 is 1.35 bits per heavy atom. The lowest BCUT2D eigenvalue weighted by atomic mass is 10.0. The summed E-state index contributed by atoms with van der Waals surface area (Å²) < 4.78 is 16.7. The Labute approximate surface area is 103 Å². The summed E-state index contributed by atoms with van der Waals surface area (Å²) in [5.74, 6) is 0. The average molecular weight is 238 g/mol. The van der Waals surface area contributed by atoms with Gasteiger partial charge in [-0.25, -0.2) is 0 Å². The van der Waals surface area contributed by atoms with Crippen LogP contribution in [-0.2, 0) is 14.2 Å². The van der Waals surface area contributed by atoms with Crippen LogP contribution in [0.3, 0.4) is 0 Å². The largest absolute Gasteiger partial charge is 0.375 e. The van der Waals surface area contributed by atoms with Gasteiger partial charge in [0.2, 0.25) is 0 Å². The summed E-state index contributed by atoms with van der Waals surface area (Å²) in [4.78, 5) is 0. The Bertz CT molecular complexity index is 292. The van der Waals surface area contributed by atoms with Crippen molar-refractivity contribution in [2.24, 2.45) is 0 Å². The Kier molecular flexibility index (Phi) is 3.43. The zero-order chi connectivity index (χ0) is 12.5. The molecule has 0 radical (unpaired) electrons. The zero-order valence-electron chi connectivity index (χ0n) is 10.9. The molecule has 0 saturated carbocycles. The Morgan fingerprint density at radius 1 is 1.00 bits per heavy atom. The van der Waals surface area contributed by atoms with Crippen LogP contribution in [0.4, 0.5) is 0 Å². The second kappa shape index (κ2) is 4.56. The first-order valence-electron chi connectivity index (χ1n) is 6.10. The molecular weight excluding hydrogens is 216 g/mol. The molecule has 0 amide bonds. The van der Waals surface area contributed by atoms with E-state index in [1.807, 2.05) is 13.8 Å². The van der Waals surface area contributed by atoms with Crippen LogP contribution in [0.25, 0.3) is 0 Å². The third-order valence-corrected chi connectivity index (χ3v) is 3.08. The first-order valence-corrected chi connectivity index (χ1v) is 6.10. The van der Waals surface area contributed by atoms with Crippen molar-refractivity contribution >= 4 is 0 Å². The summed E-state index contributed by atoms with van der Waals surface area (Å²) in [5, 5.41) is 0. The third kappa shape index (κ3) is 3.66. The first kappa shape index (κ1) is 12.8. The van der Waals surface area contributed by atoms with E-state index in [9.17, 15) is 0 Å². The molecule has 0 aromatic rings. The average Bonchev–Trinajstić information content (AvgIpc) is 3.05.